The Morgan fingerprint density at radius 1 is 1.29 bits per heavy atom. The molecule has 0 aromatic heterocycles. The summed E-state index contributed by atoms with van der Waals surface area (Å²) in [5.74, 6) is -1.52. The maximum absolute atomic E-state index is 12.7. The SMILES string of the molecule is O=C(O)C(Br)OC(c1ccccc1)C(F)(F)F. The van der Waals surface area contributed by atoms with Gasteiger partial charge >= 0.3 is 12.1 Å². The Hall–Kier alpha value is -1.08. The molecular weight excluding hydrogens is 305 g/mol. The van der Waals surface area contributed by atoms with Crippen LogP contribution < -0.4 is 0 Å². The van der Waals surface area contributed by atoms with Gasteiger partial charge in [0.15, 0.2) is 6.10 Å². The molecule has 0 heterocycles. The monoisotopic (exact) mass is 312 g/mol. The number of aliphatic carboxylic acids is 1. The molecule has 0 radical (unpaired) electrons. The van der Waals surface area contributed by atoms with Crippen LogP contribution in [0.15, 0.2) is 30.3 Å². The van der Waals surface area contributed by atoms with Gasteiger partial charge in [-0.05, 0) is 21.5 Å². The Morgan fingerprint density at radius 2 is 1.82 bits per heavy atom. The number of halogens is 4. The van der Waals surface area contributed by atoms with Crippen molar-refractivity contribution in [2.24, 2.45) is 0 Å². The molecule has 1 aromatic rings. The highest BCUT2D eigenvalue weighted by molar-refractivity contribution is 9.09. The van der Waals surface area contributed by atoms with E-state index >= 15 is 0 Å². The third-order valence-corrected chi connectivity index (χ3v) is 2.46. The van der Waals surface area contributed by atoms with Gasteiger partial charge in [-0.15, -0.1) is 0 Å². The summed E-state index contributed by atoms with van der Waals surface area (Å²) in [6.07, 6.45) is -6.95. The average Bonchev–Trinajstić information content (AvgIpc) is 2.25. The molecular formula is C10H8BrF3O3. The van der Waals surface area contributed by atoms with Crippen molar-refractivity contribution in [1.82, 2.24) is 0 Å². The molecule has 0 fully saturated rings. The van der Waals surface area contributed by atoms with Crippen LogP contribution in [0.1, 0.15) is 11.7 Å². The number of ether oxygens (including phenoxy) is 1. The van der Waals surface area contributed by atoms with E-state index < -0.39 is 23.3 Å². The van der Waals surface area contributed by atoms with Crippen molar-refractivity contribution >= 4 is 21.9 Å². The highest BCUT2D eigenvalue weighted by Crippen LogP contribution is 2.37. The van der Waals surface area contributed by atoms with Crippen LogP contribution in [0, 0.1) is 0 Å². The van der Waals surface area contributed by atoms with Crippen LogP contribution in [0.5, 0.6) is 0 Å². The van der Waals surface area contributed by atoms with Gasteiger partial charge in [-0.25, -0.2) is 4.79 Å². The van der Waals surface area contributed by atoms with Crippen LogP contribution in [-0.2, 0) is 9.53 Å². The van der Waals surface area contributed by atoms with Gasteiger partial charge in [0.05, 0.1) is 0 Å². The van der Waals surface area contributed by atoms with Crippen LogP contribution in [0.2, 0.25) is 0 Å². The van der Waals surface area contributed by atoms with Gasteiger partial charge in [0, 0.05) is 0 Å². The normalized spacial score (nSPS) is 15.3. The molecule has 1 N–H and O–H groups in total. The summed E-state index contributed by atoms with van der Waals surface area (Å²) in [4.78, 5) is 10.5. The third kappa shape index (κ3) is 4.01. The zero-order valence-electron chi connectivity index (χ0n) is 8.32. The van der Waals surface area contributed by atoms with E-state index in [4.69, 9.17) is 5.11 Å². The second kappa shape index (κ2) is 5.50. The minimum absolute atomic E-state index is 0.147. The van der Waals surface area contributed by atoms with Crippen molar-refractivity contribution in [3.63, 3.8) is 0 Å². The lowest BCUT2D eigenvalue weighted by molar-refractivity contribution is -0.228. The van der Waals surface area contributed by atoms with Crippen LogP contribution in [0.3, 0.4) is 0 Å². The first kappa shape index (κ1) is 14.0. The topological polar surface area (TPSA) is 46.5 Å². The second-order valence-electron chi connectivity index (χ2n) is 3.12. The fourth-order valence-electron chi connectivity index (χ4n) is 1.15. The van der Waals surface area contributed by atoms with Crippen LogP contribution >= 0.6 is 15.9 Å². The molecule has 0 aliphatic rings. The van der Waals surface area contributed by atoms with Crippen LogP contribution in [-0.4, -0.2) is 22.3 Å². The van der Waals surface area contributed by atoms with Crippen LogP contribution in [0.4, 0.5) is 13.2 Å². The van der Waals surface area contributed by atoms with Crippen molar-refractivity contribution in [3.05, 3.63) is 35.9 Å². The minimum atomic E-state index is -4.68. The summed E-state index contributed by atoms with van der Waals surface area (Å²) in [5, 5.41) is 6.79. The largest absolute Gasteiger partial charge is 0.479 e. The molecule has 0 aliphatic heterocycles. The number of carboxylic acids is 1. The number of carboxylic acid groups (broad SMARTS) is 1. The molecule has 0 aliphatic carbocycles. The van der Waals surface area contributed by atoms with E-state index in [2.05, 4.69) is 20.7 Å². The van der Waals surface area contributed by atoms with E-state index in [1.807, 2.05) is 0 Å². The Bertz CT molecular complexity index is 380. The summed E-state index contributed by atoms with van der Waals surface area (Å²) in [5.41, 5.74) is -0.147. The first-order valence-corrected chi connectivity index (χ1v) is 5.38. The highest BCUT2D eigenvalue weighted by Gasteiger charge is 2.43. The molecule has 3 nitrogen and oxygen atoms in total. The number of rotatable bonds is 4. The molecule has 0 spiro atoms. The Morgan fingerprint density at radius 3 is 2.24 bits per heavy atom. The first-order valence-electron chi connectivity index (χ1n) is 4.46. The van der Waals surface area contributed by atoms with Crippen molar-refractivity contribution in [1.29, 1.82) is 0 Å². The van der Waals surface area contributed by atoms with Crippen molar-refractivity contribution < 1.29 is 27.8 Å². The fraction of sp³-hybridized carbons (Fsp3) is 0.300. The lowest BCUT2D eigenvalue weighted by Crippen LogP contribution is -2.29. The molecule has 1 rings (SSSR count). The number of hydrogen-bond donors (Lipinski definition) is 1. The minimum Gasteiger partial charge on any atom is -0.479 e. The summed E-state index contributed by atoms with van der Waals surface area (Å²) in [7, 11) is 0. The van der Waals surface area contributed by atoms with Gasteiger partial charge < -0.3 is 9.84 Å². The maximum atomic E-state index is 12.7. The lowest BCUT2D eigenvalue weighted by Gasteiger charge is -2.22. The number of hydrogen-bond acceptors (Lipinski definition) is 2. The molecule has 0 amide bonds. The maximum Gasteiger partial charge on any atom is 0.418 e. The standard InChI is InChI=1S/C10H8BrF3O3/c11-8(9(15)16)17-7(10(12,13)14)6-4-2-1-3-5-6/h1-5,7-8H,(H,15,16). The van der Waals surface area contributed by atoms with E-state index in [-0.39, 0.29) is 5.56 Å². The quantitative estimate of drug-likeness (QED) is 0.869. The Balaban J connectivity index is 2.94. The average molecular weight is 313 g/mol. The molecule has 1 aromatic carbocycles. The smallest absolute Gasteiger partial charge is 0.418 e. The Labute approximate surface area is 103 Å². The van der Waals surface area contributed by atoms with E-state index in [0.29, 0.717) is 0 Å². The number of carbonyl (C=O) groups is 1. The summed E-state index contributed by atoms with van der Waals surface area (Å²) < 4.78 is 42.5. The van der Waals surface area contributed by atoms with Crippen molar-refractivity contribution in [2.45, 2.75) is 17.3 Å². The molecule has 17 heavy (non-hydrogen) atoms. The molecule has 0 bridgehead atoms. The van der Waals surface area contributed by atoms with E-state index in [9.17, 15) is 18.0 Å². The fourth-order valence-corrected chi connectivity index (χ4v) is 1.37. The number of benzene rings is 1. The lowest BCUT2D eigenvalue weighted by atomic mass is 10.1. The molecule has 2 unspecified atom stereocenters. The summed E-state index contributed by atoms with van der Waals surface area (Å²) in [6, 6.07) is 6.84. The van der Waals surface area contributed by atoms with Gasteiger partial charge in [0.1, 0.15) is 0 Å². The van der Waals surface area contributed by atoms with Crippen molar-refractivity contribution in [3.8, 4) is 0 Å². The second-order valence-corrected chi connectivity index (χ2v) is 3.95. The number of alkyl halides is 4. The third-order valence-electron chi connectivity index (χ3n) is 1.85. The molecule has 94 valence electrons. The van der Waals surface area contributed by atoms with Crippen molar-refractivity contribution in [2.75, 3.05) is 0 Å². The Kier molecular flexibility index (Phi) is 4.53. The van der Waals surface area contributed by atoms with E-state index in [1.54, 1.807) is 6.07 Å². The molecule has 7 heteroatoms. The van der Waals surface area contributed by atoms with Gasteiger partial charge in [-0.3, -0.25) is 0 Å². The first-order chi connectivity index (χ1) is 7.82. The molecule has 2 atom stereocenters. The predicted octanol–water partition coefficient (Wildman–Crippen LogP) is 3.11. The van der Waals surface area contributed by atoms with Gasteiger partial charge in [0.25, 0.3) is 0 Å². The van der Waals surface area contributed by atoms with Crippen LogP contribution in [0.25, 0.3) is 0 Å². The highest BCUT2D eigenvalue weighted by atomic mass is 79.9. The summed E-state index contributed by atoms with van der Waals surface area (Å²) in [6.45, 7) is 0. The van der Waals surface area contributed by atoms with Gasteiger partial charge in [-0.1, -0.05) is 30.3 Å². The van der Waals surface area contributed by atoms with Gasteiger partial charge in [-0.2, -0.15) is 13.2 Å². The molecule has 0 saturated carbocycles. The zero-order valence-corrected chi connectivity index (χ0v) is 9.90. The van der Waals surface area contributed by atoms with Gasteiger partial charge in [0.2, 0.25) is 5.01 Å². The predicted molar refractivity (Wildman–Crippen MR) is 56.7 cm³/mol. The van der Waals surface area contributed by atoms with E-state index in [1.165, 1.54) is 24.3 Å². The summed E-state index contributed by atoms with van der Waals surface area (Å²) >= 11 is 2.51. The zero-order chi connectivity index (χ0) is 13.1. The van der Waals surface area contributed by atoms with E-state index in [0.717, 1.165) is 0 Å². The molecule has 0 saturated heterocycles.